The third-order valence-electron chi connectivity index (χ3n) is 7.16. The molecule has 3 aromatic carbocycles. The van der Waals surface area contributed by atoms with Crippen molar-refractivity contribution >= 4 is 41.4 Å². The molecular formula is C31H35BN4O2. The molecular weight excluding hydrogens is 471 g/mol. The first-order valence-corrected chi connectivity index (χ1v) is 13.0. The predicted octanol–water partition coefficient (Wildman–Crippen LogP) is 4.93. The van der Waals surface area contributed by atoms with Gasteiger partial charge in [0, 0.05) is 36.6 Å². The monoisotopic (exact) mass is 506 g/mol. The van der Waals surface area contributed by atoms with Gasteiger partial charge in [-0.05, 0) is 77.2 Å². The number of nitrogen functional groups attached to an aromatic ring is 1. The first kappa shape index (κ1) is 27.1. The Morgan fingerprint density at radius 2 is 1.89 bits per heavy atom. The van der Waals surface area contributed by atoms with Crippen LogP contribution in [0.3, 0.4) is 0 Å². The van der Waals surface area contributed by atoms with Crippen LogP contribution in [0.1, 0.15) is 60.9 Å². The summed E-state index contributed by atoms with van der Waals surface area (Å²) in [5.74, 6) is 0.320. The largest absolute Gasteiger partial charge is 0.399 e. The highest BCUT2D eigenvalue weighted by Gasteiger charge is 2.25. The van der Waals surface area contributed by atoms with Gasteiger partial charge in [0.25, 0.3) is 5.56 Å². The zero-order valence-corrected chi connectivity index (χ0v) is 22.5. The minimum atomic E-state index is -0.670. The average molecular weight is 506 g/mol. The highest BCUT2D eigenvalue weighted by atomic mass is 16.2. The number of carbonyl (C=O) groups excluding carboxylic acids is 1. The summed E-state index contributed by atoms with van der Waals surface area (Å²) in [6.07, 6.45) is 3.85. The molecule has 1 amide bonds. The number of pyridine rings is 1. The lowest BCUT2D eigenvalue weighted by Crippen LogP contribution is -2.36. The number of hydrogen-bond donors (Lipinski definition) is 3. The average Bonchev–Trinajstić information content (AvgIpc) is 2.89. The minimum Gasteiger partial charge on any atom is -0.399 e. The van der Waals surface area contributed by atoms with Gasteiger partial charge in [-0.25, -0.2) is 0 Å². The minimum absolute atomic E-state index is 0.123. The number of carbonyl (C=O) groups is 1. The van der Waals surface area contributed by atoms with Crippen molar-refractivity contribution in [3.63, 3.8) is 0 Å². The lowest BCUT2D eigenvalue weighted by molar-refractivity contribution is -0.131. The summed E-state index contributed by atoms with van der Waals surface area (Å²) in [7, 11) is 7.92. The Hall–Kier alpha value is -4.00. The molecule has 1 aromatic heterocycles. The maximum Gasteiger partial charge on any atom is 0.255 e. The summed E-state index contributed by atoms with van der Waals surface area (Å²) in [6.45, 7) is 6.84. The second-order valence-corrected chi connectivity index (χ2v) is 10.1. The van der Waals surface area contributed by atoms with E-state index in [0.717, 1.165) is 34.9 Å². The standard InChI is InChI=1S/C31H35BN4O2/c1-5-6-19(2)26-11-8-22(15-20(26)3)29(31(38)36(4)18-23-16-24(33)9-12-28(23)32)35-25-10-7-21-13-14-34-30(37)27(21)17-25/h7-17,19,29,35H,5-6,18,33H2,1-4H3,(H,34,37)/t19-,29?/m0/s1. The van der Waals surface area contributed by atoms with Crippen LogP contribution in [0.15, 0.2) is 71.7 Å². The maximum atomic E-state index is 13.9. The fourth-order valence-electron chi connectivity index (χ4n) is 5.06. The van der Waals surface area contributed by atoms with Crippen LogP contribution >= 0.6 is 0 Å². The highest BCUT2D eigenvalue weighted by Crippen LogP contribution is 2.29. The zero-order valence-electron chi connectivity index (χ0n) is 22.5. The van der Waals surface area contributed by atoms with E-state index in [1.807, 2.05) is 24.3 Å². The Kier molecular flexibility index (Phi) is 8.25. The number of benzene rings is 3. The second kappa shape index (κ2) is 11.6. The van der Waals surface area contributed by atoms with E-state index in [0.29, 0.717) is 34.7 Å². The van der Waals surface area contributed by atoms with Crippen molar-refractivity contribution in [3.8, 4) is 0 Å². The number of aromatic nitrogens is 1. The summed E-state index contributed by atoms with van der Waals surface area (Å²) in [5, 5.41) is 4.80. The van der Waals surface area contributed by atoms with Crippen molar-refractivity contribution in [2.75, 3.05) is 18.1 Å². The number of hydrogen-bond acceptors (Lipinski definition) is 4. The number of nitrogens with one attached hydrogen (secondary N) is 2. The molecule has 6 nitrogen and oxygen atoms in total. The number of anilines is 2. The van der Waals surface area contributed by atoms with E-state index >= 15 is 0 Å². The van der Waals surface area contributed by atoms with Gasteiger partial charge in [0.05, 0.1) is 0 Å². The summed E-state index contributed by atoms with van der Waals surface area (Å²) >= 11 is 0. The van der Waals surface area contributed by atoms with Crippen LogP contribution in [0.25, 0.3) is 10.8 Å². The van der Waals surface area contributed by atoms with Crippen LogP contribution in [0, 0.1) is 6.92 Å². The Bertz CT molecular complexity index is 1510. The summed E-state index contributed by atoms with van der Waals surface area (Å²) < 4.78 is 0. The fourth-order valence-corrected chi connectivity index (χ4v) is 5.06. The summed E-state index contributed by atoms with van der Waals surface area (Å²) in [4.78, 5) is 30.7. The number of fused-ring (bicyclic) bond motifs is 1. The summed E-state index contributed by atoms with van der Waals surface area (Å²) in [6, 6.07) is 18.3. The number of H-pyrrole nitrogens is 1. The molecule has 4 aromatic rings. The molecule has 194 valence electrons. The number of amides is 1. The fraction of sp³-hybridized carbons (Fsp3) is 0.290. The van der Waals surface area contributed by atoms with Gasteiger partial charge >= 0.3 is 0 Å². The molecule has 2 atom stereocenters. The third-order valence-corrected chi connectivity index (χ3v) is 7.16. The van der Waals surface area contributed by atoms with Gasteiger partial charge in [0.15, 0.2) is 0 Å². The van der Waals surface area contributed by atoms with E-state index < -0.39 is 6.04 Å². The maximum absolute atomic E-state index is 13.9. The molecule has 0 bridgehead atoms. The molecule has 4 N–H and O–H groups in total. The van der Waals surface area contributed by atoms with Gasteiger partial charge in [-0.2, -0.15) is 0 Å². The van der Waals surface area contributed by atoms with Crippen molar-refractivity contribution in [1.82, 2.24) is 9.88 Å². The smallest absolute Gasteiger partial charge is 0.255 e. The molecule has 1 unspecified atom stereocenters. The van der Waals surface area contributed by atoms with E-state index in [1.165, 1.54) is 5.56 Å². The first-order chi connectivity index (χ1) is 18.2. The lowest BCUT2D eigenvalue weighted by atomic mass is 9.89. The topological polar surface area (TPSA) is 91.2 Å². The van der Waals surface area contributed by atoms with Crippen LogP contribution in [-0.2, 0) is 11.3 Å². The van der Waals surface area contributed by atoms with Crippen LogP contribution < -0.4 is 22.1 Å². The number of likely N-dealkylation sites (N-methyl/N-ethyl adjacent to an activating group) is 1. The van der Waals surface area contributed by atoms with Gasteiger partial charge in [-0.15, -0.1) is 0 Å². The van der Waals surface area contributed by atoms with Gasteiger partial charge in [0.1, 0.15) is 13.9 Å². The predicted molar refractivity (Wildman–Crippen MR) is 158 cm³/mol. The first-order valence-electron chi connectivity index (χ1n) is 13.0. The Balaban J connectivity index is 1.71. The van der Waals surface area contributed by atoms with Crippen molar-refractivity contribution in [2.45, 2.75) is 52.1 Å². The molecule has 7 heteroatoms. The number of rotatable bonds is 9. The van der Waals surface area contributed by atoms with Gasteiger partial charge in [-0.3, -0.25) is 9.59 Å². The molecule has 0 aliphatic rings. The van der Waals surface area contributed by atoms with E-state index in [2.05, 4.69) is 43.2 Å². The molecule has 1 heterocycles. The molecule has 0 aliphatic carbocycles. The number of aromatic amines is 1. The van der Waals surface area contributed by atoms with Crippen molar-refractivity contribution in [3.05, 3.63) is 99.5 Å². The Morgan fingerprint density at radius 3 is 2.63 bits per heavy atom. The number of aryl methyl sites for hydroxylation is 1. The molecule has 0 spiro atoms. The molecule has 0 fully saturated rings. The van der Waals surface area contributed by atoms with Crippen molar-refractivity contribution in [1.29, 1.82) is 0 Å². The third kappa shape index (κ3) is 5.93. The quantitative estimate of drug-likeness (QED) is 0.222. The SMILES string of the molecule is [B]c1ccc(N)cc1CN(C)C(=O)C(Nc1ccc2cc[nH]c(=O)c2c1)c1ccc([C@@H](C)CCC)c(C)c1. The Labute approximate surface area is 225 Å². The van der Waals surface area contributed by atoms with E-state index in [4.69, 9.17) is 13.6 Å². The molecule has 2 radical (unpaired) electrons. The van der Waals surface area contributed by atoms with Crippen LogP contribution in [0.5, 0.6) is 0 Å². The van der Waals surface area contributed by atoms with Crippen LogP contribution in [0.4, 0.5) is 11.4 Å². The van der Waals surface area contributed by atoms with E-state index in [9.17, 15) is 9.59 Å². The zero-order chi connectivity index (χ0) is 27.4. The molecule has 4 rings (SSSR count). The molecule has 0 saturated carbocycles. The molecule has 0 aliphatic heterocycles. The molecule has 38 heavy (non-hydrogen) atoms. The summed E-state index contributed by atoms with van der Waals surface area (Å²) in [5.41, 5.74) is 11.8. The van der Waals surface area contributed by atoms with Crippen LogP contribution in [-0.4, -0.2) is 30.7 Å². The van der Waals surface area contributed by atoms with Crippen LogP contribution in [0.2, 0.25) is 0 Å². The van der Waals surface area contributed by atoms with Crippen molar-refractivity contribution < 1.29 is 4.79 Å². The second-order valence-electron chi connectivity index (χ2n) is 10.1. The number of nitrogens with zero attached hydrogens (tertiary/aromatic N) is 1. The molecule has 0 saturated heterocycles. The van der Waals surface area contributed by atoms with Gasteiger partial charge < -0.3 is 20.9 Å². The highest BCUT2D eigenvalue weighted by molar-refractivity contribution is 6.33. The van der Waals surface area contributed by atoms with Gasteiger partial charge in [0.2, 0.25) is 5.91 Å². The number of nitrogens with two attached hydrogens (primary N) is 1. The van der Waals surface area contributed by atoms with Crippen molar-refractivity contribution in [2.24, 2.45) is 0 Å². The normalized spacial score (nSPS) is 12.7. The van der Waals surface area contributed by atoms with E-state index in [1.54, 1.807) is 42.4 Å². The van der Waals surface area contributed by atoms with Gasteiger partial charge in [-0.1, -0.05) is 56.1 Å². The lowest BCUT2D eigenvalue weighted by Gasteiger charge is -2.27. The van der Waals surface area contributed by atoms with E-state index in [-0.39, 0.29) is 11.5 Å². The Morgan fingerprint density at radius 1 is 1.11 bits per heavy atom.